The number of rotatable bonds is 5. The standard InChI is InChI=1S/C18H19N5O/c1-12-20-15-6-5-13(8-16(15)21-12)10-19-11-14-9-17(23(2)22-14)18-4-3-7-24-18/h3-9,19H,10-11H2,1-2H3,(H,20,21). The van der Waals surface area contributed by atoms with Gasteiger partial charge in [0.25, 0.3) is 0 Å². The molecule has 0 unspecified atom stereocenters. The van der Waals surface area contributed by atoms with Gasteiger partial charge in [-0.1, -0.05) is 6.07 Å². The van der Waals surface area contributed by atoms with Gasteiger partial charge in [0, 0.05) is 20.1 Å². The zero-order valence-corrected chi connectivity index (χ0v) is 13.7. The predicted octanol–water partition coefficient (Wildman–Crippen LogP) is 3.15. The number of nitrogens with zero attached hydrogens (tertiary/aromatic N) is 3. The van der Waals surface area contributed by atoms with E-state index in [1.54, 1.807) is 6.26 Å². The van der Waals surface area contributed by atoms with E-state index in [2.05, 4.69) is 32.5 Å². The highest BCUT2D eigenvalue weighted by atomic mass is 16.3. The fraction of sp³-hybridized carbons (Fsp3) is 0.222. The maximum Gasteiger partial charge on any atom is 0.151 e. The Morgan fingerprint density at radius 1 is 1.21 bits per heavy atom. The van der Waals surface area contributed by atoms with Gasteiger partial charge in [0.15, 0.2) is 5.76 Å². The monoisotopic (exact) mass is 321 g/mol. The summed E-state index contributed by atoms with van der Waals surface area (Å²) in [7, 11) is 1.93. The van der Waals surface area contributed by atoms with E-state index < -0.39 is 0 Å². The first-order valence-electron chi connectivity index (χ1n) is 7.92. The third-order valence-corrected chi connectivity index (χ3v) is 4.00. The van der Waals surface area contributed by atoms with Crippen molar-refractivity contribution in [2.24, 2.45) is 7.05 Å². The van der Waals surface area contributed by atoms with Gasteiger partial charge in [-0.2, -0.15) is 5.10 Å². The molecule has 3 heterocycles. The van der Waals surface area contributed by atoms with Crippen LogP contribution in [0.5, 0.6) is 0 Å². The lowest BCUT2D eigenvalue weighted by Crippen LogP contribution is -2.13. The summed E-state index contributed by atoms with van der Waals surface area (Å²) in [5.74, 6) is 1.77. The van der Waals surface area contributed by atoms with Gasteiger partial charge in [0.2, 0.25) is 0 Å². The minimum atomic E-state index is 0.703. The fourth-order valence-electron chi connectivity index (χ4n) is 2.90. The molecule has 0 spiro atoms. The molecule has 0 aliphatic rings. The van der Waals surface area contributed by atoms with Crippen LogP contribution in [-0.2, 0) is 20.1 Å². The molecule has 3 aromatic heterocycles. The topological polar surface area (TPSA) is 71.7 Å². The fourth-order valence-corrected chi connectivity index (χ4v) is 2.90. The number of fused-ring (bicyclic) bond motifs is 1. The maximum atomic E-state index is 5.44. The minimum Gasteiger partial charge on any atom is -0.463 e. The van der Waals surface area contributed by atoms with Crippen molar-refractivity contribution in [2.45, 2.75) is 20.0 Å². The van der Waals surface area contributed by atoms with Gasteiger partial charge in [-0.05, 0) is 42.8 Å². The summed E-state index contributed by atoms with van der Waals surface area (Å²) in [6, 6.07) is 12.2. The Morgan fingerprint density at radius 3 is 2.96 bits per heavy atom. The summed E-state index contributed by atoms with van der Waals surface area (Å²) in [6.45, 7) is 3.45. The number of benzene rings is 1. The molecular weight excluding hydrogens is 302 g/mol. The average molecular weight is 321 g/mol. The van der Waals surface area contributed by atoms with Gasteiger partial charge in [-0.15, -0.1) is 0 Å². The first kappa shape index (κ1) is 14.7. The van der Waals surface area contributed by atoms with Gasteiger partial charge in [0.05, 0.1) is 23.0 Å². The van der Waals surface area contributed by atoms with Gasteiger partial charge in [0.1, 0.15) is 11.5 Å². The van der Waals surface area contributed by atoms with Crippen LogP contribution >= 0.6 is 0 Å². The third-order valence-electron chi connectivity index (χ3n) is 4.00. The molecule has 4 aromatic rings. The molecule has 122 valence electrons. The number of aryl methyl sites for hydroxylation is 2. The number of aromatic nitrogens is 4. The third kappa shape index (κ3) is 2.83. The van der Waals surface area contributed by atoms with Crippen LogP contribution in [0.4, 0.5) is 0 Å². The molecule has 0 radical (unpaired) electrons. The Kier molecular flexibility index (Phi) is 3.66. The molecule has 0 amide bonds. The second-order valence-electron chi connectivity index (χ2n) is 5.90. The number of nitrogens with one attached hydrogen (secondary N) is 2. The second-order valence-corrected chi connectivity index (χ2v) is 5.90. The number of hydrogen-bond donors (Lipinski definition) is 2. The molecule has 1 aromatic carbocycles. The van der Waals surface area contributed by atoms with E-state index in [4.69, 9.17) is 4.42 Å². The summed E-state index contributed by atoms with van der Waals surface area (Å²) in [6.07, 6.45) is 1.67. The number of imidazole rings is 1. The summed E-state index contributed by atoms with van der Waals surface area (Å²) >= 11 is 0. The molecule has 6 nitrogen and oxygen atoms in total. The molecule has 0 fully saturated rings. The minimum absolute atomic E-state index is 0.703. The zero-order valence-electron chi connectivity index (χ0n) is 13.7. The highest BCUT2D eigenvalue weighted by Crippen LogP contribution is 2.20. The Bertz CT molecular complexity index is 965. The van der Waals surface area contributed by atoms with Crippen molar-refractivity contribution >= 4 is 11.0 Å². The summed E-state index contributed by atoms with van der Waals surface area (Å²) in [4.78, 5) is 7.69. The van der Waals surface area contributed by atoms with Gasteiger partial charge in [-0.3, -0.25) is 4.68 Å². The Morgan fingerprint density at radius 2 is 2.12 bits per heavy atom. The lowest BCUT2D eigenvalue weighted by molar-refractivity contribution is 0.572. The summed E-state index contributed by atoms with van der Waals surface area (Å²) < 4.78 is 7.28. The van der Waals surface area contributed by atoms with Crippen molar-refractivity contribution in [3.63, 3.8) is 0 Å². The molecule has 2 N–H and O–H groups in total. The highest BCUT2D eigenvalue weighted by molar-refractivity contribution is 5.75. The van der Waals surface area contributed by atoms with Crippen molar-refractivity contribution in [1.82, 2.24) is 25.1 Å². The van der Waals surface area contributed by atoms with Crippen molar-refractivity contribution in [2.75, 3.05) is 0 Å². The smallest absolute Gasteiger partial charge is 0.151 e. The molecule has 24 heavy (non-hydrogen) atoms. The first-order chi connectivity index (χ1) is 11.7. The van der Waals surface area contributed by atoms with Gasteiger partial charge < -0.3 is 14.7 Å². The van der Waals surface area contributed by atoms with Crippen LogP contribution in [0.2, 0.25) is 0 Å². The zero-order chi connectivity index (χ0) is 16.5. The van der Waals surface area contributed by atoms with Crippen LogP contribution < -0.4 is 5.32 Å². The van der Waals surface area contributed by atoms with E-state index in [0.717, 1.165) is 40.6 Å². The Balaban J connectivity index is 1.42. The molecule has 0 aliphatic heterocycles. The van der Waals surface area contributed by atoms with E-state index >= 15 is 0 Å². The second kappa shape index (κ2) is 5.98. The van der Waals surface area contributed by atoms with Crippen LogP contribution in [0.25, 0.3) is 22.5 Å². The van der Waals surface area contributed by atoms with E-state index in [1.165, 1.54) is 5.56 Å². The largest absolute Gasteiger partial charge is 0.463 e. The number of hydrogen-bond acceptors (Lipinski definition) is 4. The molecular formula is C18H19N5O. The molecule has 6 heteroatoms. The van der Waals surface area contributed by atoms with Crippen LogP contribution in [0.15, 0.2) is 47.1 Å². The van der Waals surface area contributed by atoms with E-state index in [1.807, 2.05) is 42.9 Å². The van der Waals surface area contributed by atoms with Crippen molar-refractivity contribution < 1.29 is 4.42 Å². The quantitative estimate of drug-likeness (QED) is 0.592. The maximum absolute atomic E-state index is 5.44. The van der Waals surface area contributed by atoms with E-state index in [-0.39, 0.29) is 0 Å². The van der Waals surface area contributed by atoms with Crippen LogP contribution in [-0.4, -0.2) is 19.7 Å². The van der Waals surface area contributed by atoms with Crippen LogP contribution in [0.3, 0.4) is 0 Å². The van der Waals surface area contributed by atoms with E-state index in [0.29, 0.717) is 6.54 Å². The molecule has 0 atom stereocenters. The number of furan rings is 1. The Hall–Kier alpha value is -2.86. The number of aromatic amines is 1. The van der Waals surface area contributed by atoms with Gasteiger partial charge in [-0.25, -0.2) is 4.98 Å². The molecule has 0 saturated heterocycles. The SMILES string of the molecule is Cc1nc2ccc(CNCc3cc(-c4ccco4)n(C)n3)cc2[nH]1. The van der Waals surface area contributed by atoms with Crippen molar-refractivity contribution in [1.29, 1.82) is 0 Å². The first-order valence-corrected chi connectivity index (χ1v) is 7.92. The predicted molar refractivity (Wildman–Crippen MR) is 92.3 cm³/mol. The highest BCUT2D eigenvalue weighted by Gasteiger charge is 2.09. The van der Waals surface area contributed by atoms with Gasteiger partial charge >= 0.3 is 0 Å². The normalized spacial score (nSPS) is 11.4. The summed E-state index contributed by atoms with van der Waals surface area (Å²) in [5, 5.41) is 7.96. The van der Waals surface area contributed by atoms with Crippen molar-refractivity contribution in [3.05, 3.63) is 59.7 Å². The average Bonchev–Trinajstić information content (AvgIpc) is 3.26. The van der Waals surface area contributed by atoms with E-state index in [9.17, 15) is 0 Å². The molecule has 4 rings (SSSR count). The Labute approximate surface area is 139 Å². The molecule has 0 bridgehead atoms. The summed E-state index contributed by atoms with van der Waals surface area (Å²) in [5.41, 5.74) is 5.26. The molecule has 0 aliphatic carbocycles. The lowest BCUT2D eigenvalue weighted by Gasteiger charge is -2.03. The van der Waals surface area contributed by atoms with Crippen LogP contribution in [0.1, 0.15) is 17.1 Å². The molecule has 0 saturated carbocycles. The van der Waals surface area contributed by atoms with Crippen LogP contribution in [0, 0.1) is 6.92 Å². The van der Waals surface area contributed by atoms with Crippen molar-refractivity contribution in [3.8, 4) is 11.5 Å². The number of H-pyrrole nitrogens is 1. The lowest BCUT2D eigenvalue weighted by atomic mass is 10.2.